The van der Waals surface area contributed by atoms with Crippen LogP contribution >= 0.6 is 69.7 Å². The molecule has 0 bridgehead atoms. The molecule has 0 fully saturated rings. The number of amides is 1. The Bertz CT molecular complexity index is 2990. The lowest BCUT2D eigenvalue weighted by molar-refractivity contribution is -0.119. The monoisotopic (exact) mass is 1720 g/mol. The Morgan fingerprint density at radius 1 is 0.442 bits per heavy atom. The van der Waals surface area contributed by atoms with Crippen LogP contribution in [0.3, 0.4) is 0 Å². The molecule has 0 unspecified atom stereocenters. The summed E-state index contributed by atoms with van der Waals surface area (Å²) in [6, 6.07) is 13.3. The zero-order chi connectivity index (χ0) is 80.4. The van der Waals surface area contributed by atoms with E-state index in [2.05, 4.69) is 208 Å². The van der Waals surface area contributed by atoms with Gasteiger partial charge in [-0.25, -0.2) is 29.9 Å². The minimum atomic E-state index is -1.66. The van der Waals surface area contributed by atoms with E-state index in [1.54, 1.807) is 112 Å². The maximum Gasteiger partial charge on any atom is 0.216 e. The van der Waals surface area contributed by atoms with Gasteiger partial charge in [0.1, 0.15) is 22.4 Å². The fourth-order valence-electron chi connectivity index (χ4n) is 9.38. The third kappa shape index (κ3) is 72.7. The van der Waals surface area contributed by atoms with Crippen molar-refractivity contribution < 1.29 is 35.6 Å². The summed E-state index contributed by atoms with van der Waals surface area (Å²) in [4.78, 5) is 74.9. The minimum Gasteiger partial charge on any atom is -0.455 e. The first kappa shape index (κ1) is 106. The quantitative estimate of drug-likeness (QED) is 0.0105. The van der Waals surface area contributed by atoms with Gasteiger partial charge >= 0.3 is 0 Å². The van der Waals surface area contributed by atoms with Gasteiger partial charge < -0.3 is 41.1 Å². The molecular formula is C71H137Cl2N9O8S4Si10. The first-order chi connectivity index (χ1) is 47.8. The average molecular weight is 1720 g/mol. The maximum atomic E-state index is 11.0. The van der Waals surface area contributed by atoms with Crippen LogP contribution in [0.2, 0.25) is 173 Å². The highest BCUT2D eigenvalue weighted by Gasteiger charge is 2.35. The van der Waals surface area contributed by atoms with E-state index < -0.39 is 81.3 Å². The lowest BCUT2D eigenvalue weighted by atomic mass is 10.2. The van der Waals surface area contributed by atoms with E-state index in [1.807, 2.05) is 35.4 Å². The molecule has 0 saturated carbocycles. The first-order valence-corrected chi connectivity index (χ1v) is 72.6. The van der Waals surface area contributed by atoms with Crippen molar-refractivity contribution in [3.8, 4) is 0 Å². The molecule has 0 spiro atoms. The Morgan fingerprint density at radius 2 is 0.798 bits per heavy atom. The van der Waals surface area contributed by atoms with Crippen molar-refractivity contribution in [1.29, 1.82) is 0 Å². The number of hydrogen-bond donors (Lipinski definition) is 2. The number of nitrogens with one attached hydrogen (secondary N) is 2. The molecule has 2 N–H and O–H groups in total. The average Bonchev–Trinajstić information content (AvgIpc) is 0.884. The summed E-state index contributed by atoms with van der Waals surface area (Å²) in [7, 11) is -15.7. The van der Waals surface area contributed by atoms with Crippen LogP contribution in [0.4, 0.5) is 0 Å². The van der Waals surface area contributed by atoms with Crippen LogP contribution < -0.4 is 5.32 Å². The van der Waals surface area contributed by atoms with Gasteiger partial charge in [0.05, 0.1) is 6.20 Å². The molecule has 4 aromatic heterocycles. The number of thioether (sulfide) groups is 3. The van der Waals surface area contributed by atoms with Crippen molar-refractivity contribution in [2.45, 2.75) is 280 Å². The third-order valence-corrected chi connectivity index (χ3v) is 50.7. The molecular weight excluding hydrogens is 1590 g/mol. The van der Waals surface area contributed by atoms with Gasteiger partial charge in [-0.2, -0.15) is 22.2 Å². The van der Waals surface area contributed by atoms with Gasteiger partial charge in [0.15, 0.2) is 96.4 Å². The second-order valence-electron chi connectivity index (χ2n) is 31.4. The van der Waals surface area contributed by atoms with E-state index >= 15 is 0 Å². The van der Waals surface area contributed by atoms with Crippen LogP contribution in [0.1, 0.15) is 91.9 Å². The number of halogens is 2. The fraction of sp³-hybridized carbons (Fsp3) is 0.634. The summed E-state index contributed by atoms with van der Waals surface area (Å²) in [6.07, 6.45) is 25.2. The normalized spacial score (nSPS) is 12.0. The molecule has 0 atom stereocenters. The van der Waals surface area contributed by atoms with Crippen LogP contribution in [0.5, 0.6) is 0 Å². The zero-order valence-electron chi connectivity index (χ0n) is 68.4. The Balaban J connectivity index is -0.00000118. The second kappa shape index (κ2) is 56.1. The number of ketones is 3. The molecule has 0 aliphatic heterocycles. The number of carbonyl (C=O) groups excluding carboxylic acids is 4. The fourth-order valence-corrected chi connectivity index (χ4v) is 49.5. The highest BCUT2D eigenvalue weighted by molar-refractivity contribution is 7.99. The minimum absolute atomic E-state index is 0.0408. The van der Waals surface area contributed by atoms with E-state index in [-0.39, 0.29) is 17.5 Å². The van der Waals surface area contributed by atoms with Gasteiger partial charge in [0.2, 0.25) is 5.91 Å². The highest BCUT2D eigenvalue weighted by atomic mass is 35.6. The van der Waals surface area contributed by atoms with Gasteiger partial charge in [-0.05, 0) is 235 Å². The van der Waals surface area contributed by atoms with Crippen LogP contribution in [0.25, 0.3) is 0 Å². The number of hydrogen-bond acceptors (Lipinski definition) is 19. The first-order valence-electron chi connectivity index (χ1n) is 36.3. The van der Waals surface area contributed by atoms with E-state index in [4.69, 9.17) is 38.6 Å². The number of carbonyl (C=O) groups is 4. The van der Waals surface area contributed by atoms with Gasteiger partial charge in [-0.15, -0.1) is 31.5 Å². The molecule has 0 aliphatic carbocycles. The van der Waals surface area contributed by atoms with Crippen molar-refractivity contribution in [3.63, 3.8) is 0 Å². The summed E-state index contributed by atoms with van der Waals surface area (Å²) in [5.41, 5.74) is 5.94. The van der Waals surface area contributed by atoms with Crippen LogP contribution in [-0.4, -0.2) is 168 Å². The van der Waals surface area contributed by atoms with Crippen molar-refractivity contribution in [1.82, 2.24) is 45.2 Å². The Labute approximate surface area is 669 Å². The molecule has 0 saturated heterocycles. The number of aromatic nitrogens is 8. The molecule has 104 heavy (non-hydrogen) atoms. The van der Waals surface area contributed by atoms with Crippen molar-refractivity contribution in [3.05, 3.63) is 116 Å². The number of unbranched alkanes of at least 4 members (excludes halogenated alkanes) is 3. The smallest absolute Gasteiger partial charge is 0.216 e. The van der Waals surface area contributed by atoms with Crippen LogP contribution in [-0.2, 0) is 35.6 Å². The lowest BCUT2D eigenvalue weighted by Crippen LogP contribution is -2.44. The Kier molecular flexibility index (Phi) is 57.2. The van der Waals surface area contributed by atoms with Crippen molar-refractivity contribution >= 4 is 174 Å². The predicted molar refractivity (Wildman–Crippen MR) is 480 cm³/mol. The highest BCUT2D eigenvalue weighted by Crippen LogP contribution is 2.29. The van der Waals surface area contributed by atoms with E-state index in [9.17, 15) is 19.2 Å². The number of H-pyrrole nitrogens is 1. The molecule has 0 radical (unpaired) electrons. The zero-order valence-corrected chi connectivity index (χ0v) is 83.2. The Morgan fingerprint density at radius 3 is 1.12 bits per heavy atom. The number of rotatable bonds is 42. The van der Waals surface area contributed by atoms with Gasteiger partial charge in [0, 0.05) is 88.1 Å². The SMILES string of the molecule is C=C[Si](C)(C)O[Si](C)(C)C=C.C=C[Si](C)(C)O[Si](C)(C)CCSc1ncccn1.CC(=O)CCCC[Si](C)(C)O[Si](C)(C)CCCCC(C)=O.CC(=O)CCCC[Si](C)(C)O[Si](C)(C)CCSc1cnccn1.CC(=O)NCCC[Si](C)(C)Cl.C[Si](C)(Cl)CCSc1ncccn1.S=c1nccc[nH]1. The summed E-state index contributed by atoms with van der Waals surface area (Å²) in [5.74, 6) is 3.98. The molecule has 592 valence electrons. The molecule has 4 rings (SSSR count). The van der Waals surface area contributed by atoms with E-state index in [0.29, 0.717) is 29.8 Å². The molecule has 0 aromatic carbocycles. The summed E-state index contributed by atoms with van der Waals surface area (Å²) < 4.78 is 26.0. The standard InChI is InChI=1S/C16H30N2O2SSi2.C16H34O3Si2.C12H22N2OSSi2.C8H13ClN2SSi.C8H18OSi2.C7H16ClNOSi.C4H4N2S/c1-15(19)8-6-7-12-22(2,3)20-23(4,5)13-11-21-16-14-17-9-10-18-16;1-15(17)11-7-9-13-20(3,4)19-21(5,6)14-10-8-12-16(2)18;1-6-17(2,3)15-18(4,5)11-10-16-12-13-8-7-9-14-12;1-13(2,9)7-6-12-8-10-4-3-5-11-8;1-7-10(3,4)9-11(5,6)8-2;1-7(10)9-5-4-6-11(2,3)8;7-4-5-2-1-3-6-4/h9-10,14H,6-8,11-13H2,1-5H3;7-14H2,1-6H3;6-9H,1,10-11H2,2-5H3;3-5H,6-7H2,1-2H3;7-8H,1-2H2,3-6H3;4-6H2,1-3H3,(H,9,10);1-3H,(H,5,6,7). The third-order valence-electron chi connectivity index (χ3n) is 14.7. The van der Waals surface area contributed by atoms with Gasteiger partial charge in [-0.3, -0.25) is 9.78 Å². The largest absolute Gasteiger partial charge is 0.455 e. The lowest BCUT2D eigenvalue weighted by Gasteiger charge is -2.34. The second-order valence-corrected chi connectivity index (χ2v) is 83.2. The van der Waals surface area contributed by atoms with Crippen LogP contribution in [0, 0.1) is 4.77 Å². The van der Waals surface area contributed by atoms with E-state index in [1.165, 1.54) is 6.92 Å². The van der Waals surface area contributed by atoms with Crippen LogP contribution in [0.15, 0.2) is 126 Å². The molecule has 1 amide bonds. The number of aromatic amines is 1. The molecule has 4 aromatic rings. The molecule has 0 aliphatic rings. The van der Waals surface area contributed by atoms with Crippen molar-refractivity contribution in [2.75, 3.05) is 23.8 Å². The molecule has 33 heteroatoms. The number of Topliss-reactive ketones (excluding diaryl/α,β-unsaturated/α-hetero) is 3. The number of nitrogens with zero attached hydrogens (tertiary/aromatic N) is 7. The summed E-state index contributed by atoms with van der Waals surface area (Å²) in [5, 5.41) is 5.42. The maximum absolute atomic E-state index is 11.0. The molecule has 17 nitrogen and oxygen atoms in total. The topological polar surface area (TPSA) is 223 Å². The van der Waals surface area contributed by atoms with Gasteiger partial charge in [-0.1, -0.05) is 86.1 Å². The Hall–Kier alpha value is -2.12. The summed E-state index contributed by atoms with van der Waals surface area (Å²) in [6.45, 7) is 63.2. The van der Waals surface area contributed by atoms with Crippen molar-refractivity contribution in [2.24, 2.45) is 0 Å². The van der Waals surface area contributed by atoms with Gasteiger partial charge in [0.25, 0.3) is 0 Å². The molecule has 4 heterocycles. The predicted octanol–water partition coefficient (Wildman–Crippen LogP) is 22.4. The van der Waals surface area contributed by atoms with E-state index in [0.717, 1.165) is 126 Å². The summed E-state index contributed by atoms with van der Waals surface area (Å²) >= 11 is 22.0.